The Bertz CT molecular complexity index is 553. The van der Waals surface area contributed by atoms with Crippen LogP contribution in [0.2, 0.25) is 0 Å². The van der Waals surface area contributed by atoms with Crippen molar-refractivity contribution in [1.29, 1.82) is 0 Å². The first-order chi connectivity index (χ1) is 10.0. The van der Waals surface area contributed by atoms with Crippen molar-refractivity contribution in [1.82, 2.24) is 15.2 Å². The predicted molar refractivity (Wildman–Crippen MR) is 84.2 cm³/mol. The molecule has 0 aromatic carbocycles. The Kier molecular flexibility index (Phi) is 6.24. The van der Waals surface area contributed by atoms with Crippen LogP contribution >= 0.6 is 15.9 Å². The summed E-state index contributed by atoms with van der Waals surface area (Å²) in [7, 11) is -3.59. The first-order valence-electron chi connectivity index (χ1n) is 7.29. The Morgan fingerprint density at radius 2 is 2.05 bits per heavy atom. The molecule has 21 heavy (non-hydrogen) atoms. The van der Waals surface area contributed by atoms with Crippen LogP contribution in [0.3, 0.4) is 0 Å². The Hall–Kier alpha value is -0.410. The van der Waals surface area contributed by atoms with E-state index in [9.17, 15) is 8.42 Å². The molecule has 2 rings (SSSR count). The van der Waals surface area contributed by atoms with Gasteiger partial charge in [-0.1, -0.05) is 13.3 Å². The predicted octanol–water partition coefficient (Wildman–Crippen LogP) is 2.22. The molecular weight excluding hydrogens is 358 g/mol. The third kappa shape index (κ3) is 4.79. The molecule has 0 bridgehead atoms. The van der Waals surface area contributed by atoms with Crippen molar-refractivity contribution in [2.75, 3.05) is 19.6 Å². The minimum absolute atomic E-state index is 0.154. The van der Waals surface area contributed by atoms with E-state index >= 15 is 0 Å². The van der Waals surface area contributed by atoms with Crippen molar-refractivity contribution in [3.05, 3.63) is 16.5 Å². The third-order valence-electron chi connectivity index (χ3n) is 3.33. The summed E-state index contributed by atoms with van der Waals surface area (Å²) < 4.78 is 30.5. The summed E-state index contributed by atoms with van der Waals surface area (Å²) in [6.07, 6.45) is 4.20. The molecule has 120 valence electrons. The zero-order valence-electron chi connectivity index (χ0n) is 12.2. The van der Waals surface area contributed by atoms with E-state index < -0.39 is 10.0 Å². The van der Waals surface area contributed by atoms with Crippen molar-refractivity contribution < 1.29 is 12.8 Å². The smallest absolute Gasteiger partial charge is 0.257 e. The third-order valence-corrected chi connectivity index (χ3v) is 5.56. The number of furan rings is 1. The second kappa shape index (κ2) is 7.73. The highest BCUT2D eigenvalue weighted by Gasteiger charge is 2.25. The van der Waals surface area contributed by atoms with Crippen LogP contribution in [0.15, 0.2) is 20.0 Å². The van der Waals surface area contributed by atoms with Crippen molar-refractivity contribution >= 4 is 26.0 Å². The quantitative estimate of drug-likeness (QED) is 0.710. The number of hydrogen-bond donors (Lipinski definition) is 2. The van der Waals surface area contributed by atoms with Gasteiger partial charge >= 0.3 is 0 Å². The number of nitrogens with zero attached hydrogens (tertiary/aromatic N) is 1. The van der Waals surface area contributed by atoms with E-state index in [0.29, 0.717) is 12.3 Å². The fraction of sp³-hybridized carbons (Fsp3) is 0.692. The van der Waals surface area contributed by atoms with Gasteiger partial charge in [0.05, 0.1) is 6.54 Å². The monoisotopic (exact) mass is 379 g/mol. The molecule has 0 amide bonds. The molecule has 0 unspecified atom stereocenters. The summed E-state index contributed by atoms with van der Waals surface area (Å²) in [6.45, 7) is 4.96. The van der Waals surface area contributed by atoms with Crippen LogP contribution in [-0.2, 0) is 16.6 Å². The van der Waals surface area contributed by atoms with Gasteiger partial charge in [0.15, 0.2) is 4.67 Å². The van der Waals surface area contributed by atoms with E-state index in [0.717, 1.165) is 45.3 Å². The SMILES string of the molecule is CCCNCc1cc(S(=O)(=O)NN2CCCCC2)c(Br)o1. The second-order valence-electron chi connectivity index (χ2n) is 5.17. The van der Waals surface area contributed by atoms with Gasteiger partial charge < -0.3 is 9.73 Å². The van der Waals surface area contributed by atoms with Gasteiger partial charge in [-0.15, -0.1) is 4.83 Å². The van der Waals surface area contributed by atoms with Crippen LogP contribution < -0.4 is 10.1 Å². The van der Waals surface area contributed by atoms with Crippen molar-refractivity contribution in [3.63, 3.8) is 0 Å². The Labute approximate surface area is 134 Å². The Balaban J connectivity index is 2.04. The molecule has 2 heterocycles. The number of hydrazine groups is 1. The van der Waals surface area contributed by atoms with Crippen LogP contribution in [-0.4, -0.2) is 33.1 Å². The van der Waals surface area contributed by atoms with E-state index in [-0.39, 0.29) is 9.56 Å². The molecule has 0 aliphatic carbocycles. The van der Waals surface area contributed by atoms with E-state index in [1.54, 1.807) is 11.1 Å². The lowest BCUT2D eigenvalue weighted by atomic mass is 10.2. The van der Waals surface area contributed by atoms with Gasteiger partial charge in [0.2, 0.25) is 0 Å². The number of rotatable bonds is 7. The molecule has 1 aliphatic rings. The van der Waals surface area contributed by atoms with Crippen molar-refractivity contribution in [2.45, 2.75) is 44.0 Å². The summed E-state index contributed by atoms with van der Waals surface area (Å²) in [5, 5.41) is 4.94. The highest BCUT2D eigenvalue weighted by molar-refractivity contribution is 9.10. The van der Waals surface area contributed by atoms with Crippen LogP contribution in [0.5, 0.6) is 0 Å². The standard InChI is InChI=1S/C13H22BrN3O3S/c1-2-6-15-10-11-9-12(13(14)20-11)21(18,19)16-17-7-4-3-5-8-17/h9,15-16H,2-8,10H2,1H3. The first kappa shape index (κ1) is 17.0. The average molecular weight is 380 g/mol. The number of nitrogens with one attached hydrogen (secondary N) is 2. The summed E-state index contributed by atoms with van der Waals surface area (Å²) in [5.41, 5.74) is 0. The largest absolute Gasteiger partial charge is 0.452 e. The van der Waals surface area contributed by atoms with Crippen molar-refractivity contribution in [3.8, 4) is 0 Å². The van der Waals surface area contributed by atoms with Crippen LogP contribution in [0.1, 0.15) is 38.4 Å². The second-order valence-corrected chi connectivity index (χ2v) is 7.52. The van der Waals surface area contributed by atoms with Gasteiger partial charge in [0.25, 0.3) is 10.0 Å². The average Bonchev–Trinajstić information content (AvgIpc) is 2.82. The zero-order valence-corrected chi connectivity index (χ0v) is 14.6. The van der Waals surface area contributed by atoms with Crippen LogP contribution in [0.25, 0.3) is 0 Å². The highest BCUT2D eigenvalue weighted by Crippen LogP contribution is 2.26. The number of hydrogen-bond acceptors (Lipinski definition) is 5. The molecular formula is C13H22BrN3O3S. The molecule has 0 radical (unpaired) electrons. The minimum atomic E-state index is -3.59. The number of piperidine rings is 1. The fourth-order valence-corrected chi connectivity index (χ4v) is 4.38. The van der Waals surface area contributed by atoms with E-state index in [1.165, 1.54) is 0 Å². The Morgan fingerprint density at radius 1 is 1.33 bits per heavy atom. The summed E-state index contributed by atoms with van der Waals surface area (Å²) in [4.78, 5) is 2.78. The maximum Gasteiger partial charge on any atom is 0.257 e. The first-order valence-corrected chi connectivity index (χ1v) is 9.57. The number of halogens is 1. The lowest BCUT2D eigenvalue weighted by Gasteiger charge is -2.26. The molecule has 0 spiro atoms. The van der Waals surface area contributed by atoms with Gasteiger partial charge in [0, 0.05) is 19.2 Å². The van der Waals surface area contributed by atoms with E-state index in [2.05, 4.69) is 33.0 Å². The molecule has 0 saturated carbocycles. The van der Waals surface area contributed by atoms with Gasteiger partial charge in [-0.2, -0.15) is 0 Å². The van der Waals surface area contributed by atoms with Gasteiger partial charge in [-0.25, -0.2) is 13.4 Å². The fourth-order valence-electron chi connectivity index (χ4n) is 2.26. The molecule has 8 heteroatoms. The summed E-state index contributed by atoms with van der Waals surface area (Å²) in [6, 6.07) is 1.57. The van der Waals surface area contributed by atoms with Crippen molar-refractivity contribution in [2.24, 2.45) is 0 Å². The molecule has 1 saturated heterocycles. The minimum Gasteiger partial charge on any atom is -0.452 e. The van der Waals surface area contributed by atoms with Gasteiger partial charge in [-0.3, -0.25) is 0 Å². The maximum absolute atomic E-state index is 12.4. The van der Waals surface area contributed by atoms with Gasteiger partial charge in [0.1, 0.15) is 10.7 Å². The molecule has 2 N–H and O–H groups in total. The lowest BCUT2D eigenvalue weighted by molar-refractivity contribution is 0.200. The molecule has 0 atom stereocenters. The highest BCUT2D eigenvalue weighted by atomic mass is 79.9. The van der Waals surface area contributed by atoms with E-state index in [1.807, 2.05) is 0 Å². The van der Waals surface area contributed by atoms with Gasteiger partial charge in [-0.05, 0) is 41.7 Å². The molecule has 1 aromatic rings. The molecule has 1 aliphatic heterocycles. The topological polar surface area (TPSA) is 74.6 Å². The summed E-state index contributed by atoms with van der Waals surface area (Å²) in [5.74, 6) is 0.606. The summed E-state index contributed by atoms with van der Waals surface area (Å²) >= 11 is 3.19. The maximum atomic E-state index is 12.4. The molecule has 6 nitrogen and oxygen atoms in total. The van der Waals surface area contributed by atoms with Crippen LogP contribution in [0.4, 0.5) is 0 Å². The molecule has 1 aromatic heterocycles. The van der Waals surface area contributed by atoms with E-state index in [4.69, 9.17) is 4.42 Å². The lowest BCUT2D eigenvalue weighted by Crippen LogP contribution is -2.44. The zero-order chi connectivity index (χ0) is 15.3. The number of sulfonamides is 1. The van der Waals surface area contributed by atoms with Crippen LogP contribution in [0, 0.1) is 0 Å². The molecule has 1 fully saturated rings. The normalized spacial score (nSPS) is 17.2. The Morgan fingerprint density at radius 3 is 2.71 bits per heavy atom.